The first-order valence-electron chi connectivity index (χ1n) is 9.31. The van der Waals surface area contributed by atoms with Crippen LogP contribution in [-0.2, 0) is 10.0 Å². The van der Waals surface area contributed by atoms with Crippen molar-refractivity contribution in [2.75, 3.05) is 20.6 Å². The highest BCUT2D eigenvalue weighted by Crippen LogP contribution is 2.46. The Hall–Kier alpha value is -2.35. The summed E-state index contributed by atoms with van der Waals surface area (Å²) in [5, 5.41) is 3.08. The lowest BCUT2D eigenvalue weighted by molar-refractivity contribution is 0.103. The van der Waals surface area contributed by atoms with Crippen LogP contribution in [0.1, 0.15) is 27.9 Å². The highest BCUT2D eigenvalue weighted by atomic mass is 32.2. The second-order valence-corrected chi connectivity index (χ2v) is 10.3. The molecule has 2 aliphatic rings. The van der Waals surface area contributed by atoms with Crippen LogP contribution >= 0.6 is 11.8 Å². The number of hydrogen-bond acceptors (Lipinski definition) is 5. The Morgan fingerprint density at radius 1 is 1.03 bits per heavy atom. The van der Waals surface area contributed by atoms with Crippen LogP contribution in [0.15, 0.2) is 69.4 Å². The zero-order valence-electron chi connectivity index (χ0n) is 16.5. The van der Waals surface area contributed by atoms with Gasteiger partial charge >= 0.3 is 0 Å². The third-order valence-corrected chi connectivity index (χ3v) is 8.04. The molecule has 0 bridgehead atoms. The smallest absolute Gasteiger partial charge is 0.242 e. The molecule has 0 amide bonds. The van der Waals surface area contributed by atoms with Gasteiger partial charge in [0.1, 0.15) is 0 Å². The number of nitrogens with zero attached hydrogens (tertiary/aromatic N) is 2. The molecule has 2 aliphatic heterocycles. The molecule has 0 unspecified atom stereocenters. The summed E-state index contributed by atoms with van der Waals surface area (Å²) < 4.78 is 25.6. The van der Waals surface area contributed by atoms with Crippen molar-refractivity contribution in [3.63, 3.8) is 0 Å². The number of fused-ring (bicyclic) bond motifs is 1. The normalized spacial score (nSPS) is 16.4. The number of hydrogen-bond donors (Lipinski definition) is 0. The van der Waals surface area contributed by atoms with E-state index in [2.05, 4.69) is 41.5 Å². The van der Waals surface area contributed by atoms with Crippen molar-refractivity contribution in [2.45, 2.75) is 18.2 Å². The Morgan fingerprint density at radius 2 is 1.69 bits per heavy atom. The number of carbonyl (C=O) groups is 1. The maximum Gasteiger partial charge on any atom is 0.242 e. The molecule has 2 aromatic carbocycles. The average molecular weight is 427 g/mol. The minimum Gasteiger partial charge on any atom is -0.334 e. The second kappa shape index (κ2) is 7.48. The van der Waals surface area contributed by atoms with Crippen molar-refractivity contribution in [1.82, 2.24) is 9.21 Å². The highest BCUT2D eigenvalue weighted by molar-refractivity contribution is 8.06. The fourth-order valence-corrected chi connectivity index (χ4v) is 5.50. The van der Waals surface area contributed by atoms with E-state index in [0.29, 0.717) is 12.0 Å². The zero-order chi connectivity index (χ0) is 20.8. The van der Waals surface area contributed by atoms with Gasteiger partial charge < -0.3 is 4.90 Å². The standard InChI is InChI=1S/C22H22N2O3S2/c1-15-4-6-16(7-5-15)20-14-28-22-19(12-13-24(20)22)21(25)17-8-10-18(11-9-17)29(26,27)23(2)3/h4-11,14H,12-13H2,1-3H3. The Kier molecular flexibility index (Phi) is 5.14. The van der Waals surface area contributed by atoms with Crippen molar-refractivity contribution in [2.24, 2.45) is 0 Å². The summed E-state index contributed by atoms with van der Waals surface area (Å²) in [6.45, 7) is 2.84. The number of thioether (sulfide) groups is 1. The molecule has 0 saturated heterocycles. The van der Waals surface area contributed by atoms with E-state index in [1.165, 1.54) is 31.8 Å². The van der Waals surface area contributed by atoms with E-state index in [1.54, 1.807) is 23.9 Å². The quantitative estimate of drug-likeness (QED) is 0.674. The van der Waals surface area contributed by atoms with Crippen LogP contribution in [0.25, 0.3) is 5.70 Å². The van der Waals surface area contributed by atoms with Gasteiger partial charge in [0.2, 0.25) is 10.0 Å². The molecule has 29 heavy (non-hydrogen) atoms. The van der Waals surface area contributed by atoms with Crippen LogP contribution in [-0.4, -0.2) is 44.0 Å². The number of carbonyl (C=O) groups excluding carboxylic acids is 1. The van der Waals surface area contributed by atoms with Gasteiger partial charge in [-0.25, -0.2) is 12.7 Å². The molecule has 0 radical (unpaired) electrons. The summed E-state index contributed by atoms with van der Waals surface area (Å²) >= 11 is 1.58. The molecule has 0 spiro atoms. The summed E-state index contributed by atoms with van der Waals surface area (Å²) in [6.07, 6.45) is 0.683. The molecule has 150 valence electrons. The van der Waals surface area contributed by atoms with Gasteiger partial charge in [-0.1, -0.05) is 41.6 Å². The van der Waals surface area contributed by atoms with Crippen molar-refractivity contribution in [1.29, 1.82) is 0 Å². The van der Waals surface area contributed by atoms with Crippen molar-refractivity contribution < 1.29 is 13.2 Å². The molecule has 0 fully saturated rings. The van der Waals surface area contributed by atoms with Gasteiger partial charge in [0.25, 0.3) is 0 Å². The van der Waals surface area contributed by atoms with E-state index in [9.17, 15) is 13.2 Å². The fourth-order valence-electron chi connectivity index (χ4n) is 3.46. The molecule has 5 nitrogen and oxygen atoms in total. The van der Waals surface area contributed by atoms with E-state index >= 15 is 0 Å². The number of ketones is 1. The largest absolute Gasteiger partial charge is 0.334 e. The summed E-state index contributed by atoms with van der Waals surface area (Å²) in [6, 6.07) is 14.6. The molecule has 0 aliphatic carbocycles. The predicted octanol–water partition coefficient (Wildman–Crippen LogP) is 4.09. The molecule has 4 rings (SSSR count). The Morgan fingerprint density at radius 3 is 2.31 bits per heavy atom. The predicted molar refractivity (Wildman–Crippen MR) is 117 cm³/mol. The molecular formula is C22H22N2O3S2. The summed E-state index contributed by atoms with van der Waals surface area (Å²) in [7, 11) is -0.524. The molecule has 2 aromatic rings. The fraction of sp³-hybridized carbons (Fsp3) is 0.227. The highest BCUT2D eigenvalue weighted by Gasteiger charge is 2.33. The molecule has 2 heterocycles. The minimum atomic E-state index is -3.50. The molecule has 0 aromatic heterocycles. The Bertz CT molecular complexity index is 1130. The van der Waals surface area contributed by atoms with Crippen LogP contribution in [0.5, 0.6) is 0 Å². The summed E-state index contributed by atoms with van der Waals surface area (Å²) in [4.78, 5) is 15.5. The lowest BCUT2D eigenvalue weighted by atomic mass is 10.0. The van der Waals surface area contributed by atoms with Crippen molar-refractivity contribution in [3.8, 4) is 0 Å². The van der Waals surface area contributed by atoms with Gasteiger partial charge in [-0.05, 0) is 43.2 Å². The van der Waals surface area contributed by atoms with Gasteiger partial charge in [-0.15, -0.1) is 0 Å². The van der Waals surface area contributed by atoms with Gasteiger partial charge in [-0.3, -0.25) is 4.79 Å². The van der Waals surface area contributed by atoms with Crippen LogP contribution in [0.2, 0.25) is 0 Å². The summed E-state index contributed by atoms with van der Waals surface area (Å²) in [5.41, 5.74) is 4.78. The van der Waals surface area contributed by atoms with E-state index in [4.69, 9.17) is 0 Å². The second-order valence-electron chi connectivity index (χ2n) is 7.31. The van der Waals surface area contributed by atoms with Crippen molar-refractivity contribution in [3.05, 3.63) is 81.2 Å². The first-order chi connectivity index (χ1) is 13.8. The molecular weight excluding hydrogens is 404 g/mol. The van der Waals surface area contributed by atoms with Crippen LogP contribution in [0.3, 0.4) is 0 Å². The minimum absolute atomic E-state index is 0.0395. The number of sulfonamides is 1. The van der Waals surface area contributed by atoms with Crippen LogP contribution < -0.4 is 0 Å². The van der Waals surface area contributed by atoms with Crippen LogP contribution in [0.4, 0.5) is 0 Å². The third kappa shape index (κ3) is 3.54. The van der Waals surface area contributed by atoms with Gasteiger partial charge in [0.15, 0.2) is 5.78 Å². The summed E-state index contributed by atoms with van der Waals surface area (Å²) in [5.74, 6) is -0.0395. The first kappa shape index (κ1) is 19.9. The molecule has 0 N–H and O–H groups in total. The molecule has 7 heteroatoms. The van der Waals surface area contributed by atoms with E-state index < -0.39 is 10.0 Å². The van der Waals surface area contributed by atoms with E-state index in [1.807, 2.05) is 0 Å². The first-order valence-corrected chi connectivity index (χ1v) is 11.6. The number of rotatable bonds is 5. The van der Waals surface area contributed by atoms with Crippen molar-refractivity contribution >= 4 is 33.3 Å². The maximum atomic E-state index is 13.1. The Balaban J connectivity index is 1.58. The lowest BCUT2D eigenvalue weighted by Crippen LogP contribution is -2.22. The third-order valence-electron chi connectivity index (χ3n) is 5.18. The number of aryl methyl sites for hydroxylation is 1. The monoisotopic (exact) mass is 426 g/mol. The molecule has 0 atom stereocenters. The van der Waals surface area contributed by atoms with E-state index in [0.717, 1.165) is 32.7 Å². The SMILES string of the molecule is Cc1ccc(C2=CSC3=C(C(=O)c4ccc(S(=O)(=O)N(C)C)cc4)CCN23)cc1. The van der Waals surface area contributed by atoms with Crippen LogP contribution in [0, 0.1) is 6.92 Å². The maximum absolute atomic E-state index is 13.1. The van der Waals surface area contributed by atoms with Gasteiger partial charge in [-0.2, -0.15) is 0 Å². The van der Waals surface area contributed by atoms with Gasteiger partial charge in [0, 0.05) is 37.2 Å². The zero-order valence-corrected chi connectivity index (χ0v) is 18.2. The lowest BCUT2D eigenvalue weighted by Gasteiger charge is -2.18. The van der Waals surface area contributed by atoms with E-state index in [-0.39, 0.29) is 10.7 Å². The van der Waals surface area contributed by atoms with Gasteiger partial charge in [0.05, 0.1) is 15.6 Å². The number of Topliss-reactive ketones (excluding diaryl/α,β-unsaturated/α-hetero) is 1. The topological polar surface area (TPSA) is 57.7 Å². The molecule has 0 saturated carbocycles. The Labute approximate surface area is 175 Å². The number of benzene rings is 2. The average Bonchev–Trinajstić information content (AvgIpc) is 3.30.